The van der Waals surface area contributed by atoms with E-state index in [4.69, 9.17) is 26.6 Å². The van der Waals surface area contributed by atoms with Gasteiger partial charge < -0.3 is 24.4 Å². The molecule has 0 aromatic rings. The third kappa shape index (κ3) is 1260. The normalized spacial score (nSPS) is 9.70. The molecule has 0 aromatic heterocycles. The molecule has 0 rings (SSSR count). The monoisotopic (exact) mass is 205 g/mol. The molecule has 0 aliphatic carbocycles. The third-order valence-electron chi connectivity index (χ3n) is 0. The average Bonchev–Trinajstić information content (AvgIpc) is 1.25. The van der Waals surface area contributed by atoms with Gasteiger partial charge in [-0.2, -0.15) is 0 Å². The number of hydrogen-bond donors (Lipinski definition) is 2. The average molecular weight is 205 g/mol. The van der Waals surface area contributed by atoms with Gasteiger partial charge in [-0.05, 0) is 0 Å². The Hall–Kier alpha value is 0.632. The summed E-state index contributed by atoms with van der Waals surface area (Å²) in [4.78, 5) is 0. The van der Waals surface area contributed by atoms with Crippen LogP contribution < -0.4 is 6.15 Å². The molecule has 60 valence electrons. The number of hydrogen-bond acceptors (Lipinski definition) is 6. The summed E-state index contributed by atoms with van der Waals surface area (Å²) >= 11 is -5.97. The molecule has 0 saturated carbocycles. The van der Waals surface area contributed by atoms with Crippen molar-refractivity contribution in [2.24, 2.45) is 0 Å². The van der Waals surface area contributed by atoms with Gasteiger partial charge >= 0.3 is 17.4 Å². The van der Waals surface area contributed by atoms with Gasteiger partial charge in [0, 0.05) is 0 Å². The number of rotatable bonds is 0. The second-order valence-corrected chi connectivity index (χ2v) is 1.26. The Morgan fingerprint density at radius 2 is 1.10 bits per heavy atom. The van der Waals surface area contributed by atoms with E-state index in [9.17, 15) is 0 Å². The van der Waals surface area contributed by atoms with E-state index < -0.39 is 22.7 Å². The molecule has 0 heterocycles. The largest absolute Gasteiger partial charge is 3.00 e. The smallest absolute Gasteiger partial charge is 0.784 e. The van der Waals surface area contributed by atoms with Crippen LogP contribution >= 0.6 is 0 Å². The van der Waals surface area contributed by atoms with Crippen molar-refractivity contribution in [3.8, 4) is 0 Å². The van der Waals surface area contributed by atoms with Gasteiger partial charge in [-0.25, -0.2) is 4.21 Å². The van der Waals surface area contributed by atoms with Crippen LogP contribution in [-0.2, 0) is 22.7 Å². The van der Waals surface area contributed by atoms with Crippen molar-refractivity contribution in [3.63, 3.8) is 0 Å². The van der Waals surface area contributed by atoms with Crippen LogP contribution in [0.2, 0.25) is 0 Å². The molecule has 10 heavy (non-hydrogen) atoms. The third-order valence-corrected chi connectivity index (χ3v) is 0. The molecule has 0 aromatic carbocycles. The summed E-state index contributed by atoms with van der Waals surface area (Å²) in [6.45, 7) is 0. The van der Waals surface area contributed by atoms with Gasteiger partial charge in [0.25, 0.3) is 0 Å². The first-order valence-electron chi connectivity index (χ1n) is 1.02. The molecule has 1 unspecified atom stereocenters. The standard InChI is InChI=1S/Al.H3N.2H2O3S/c;;2*1-4(2)3/h;1H3;2*(H2,1,2,3)/q+3;;;/p-3. The summed E-state index contributed by atoms with van der Waals surface area (Å²) in [6.07, 6.45) is 0. The minimum atomic E-state index is -3.11. The molecule has 0 saturated heterocycles. The zero-order valence-electron chi connectivity index (χ0n) is 4.59. The van der Waals surface area contributed by atoms with Crippen LogP contribution in [0.3, 0.4) is 0 Å². The van der Waals surface area contributed by atoms with Gasteiger partial charge in [-0.15, -0.1) is 11.4 Å². The summed E-state index contributed by atoms with van der Waals surface area (Å²) in [6, 6.07) is 0. The Labute approximate surface area is 73.2 Å². The van der Waals surface area contributed by atoms with Crippen molar-refractivity contribution in [2.45, 2.75) is 0 Å². The van der Waals surface area contributed by atoms with Crippen molar-refractivity contribution >= 4 is 40.1 Å². The summed E-state index contributed by atoms with van der Waals surface area (Å²) in [5, 5.41) is 0. The molecule has 0 fully saturated rings. The molecular weight excluding hydrogens is 201 g/mol. The van der Waals surface area contributed by atoms with Gasteiger partial charge in [0.05, 0.1) is 11.4 Å². The van der Waals surface area contributed by atoms with Crippen LogP contribution in [0, 0.1) is 0 Å². The van der Waals surface area contributed by atoms with Crippen LogP contribution in [0.1, 0.15) is 0 Å². The van der Waals surface area contributed by atoms with Crippen molar-refractivity contribution in [1.29, 1.82) is 0 Å². The molecule has 7 nitrogen and oxygen atoms in total. The second-order valence-electron chi connectivity index (χ2n) is 0.421. The molecule has 0 bridgehead atoms. The Bertz CT molecular complexity index is 73.7. The van der Waals surface area contributed by atoms with Gasteiger partial charge in [0.15, 0.2) is 0 Å². The first kappa shape index (κ1) is 22.4. The zero-order chi connectivity index (χ0) is 7.15. The fourth-order valence-corrected chi connectivity index (χ4v) is 0. The molecule has 1 atom stereocenters. The summed E-state index contributed by atoms with van der Waals surface area (Å²) in [7, 11) is 0. The van der Waals surface area contributed by atoms with E-state index in [0.717, 1.165) is 0 Å². The first-order chi connectivity index (χ1) is 3.46. The van der Waals surface area contributed by atoms with E-state index in [2.05, 4.69) is 0 Å². The molecular formula is H4AlNO6S2. The predicted molar refractivity (Wildman–Crippen MR) is 32.0 cm³/mol. The van der Waals surface area contributed by atoms with Gasteiger partial charge in [0.1, 0.15) is 0 Å². The minimum Gasteiger partial charge on any atom is -0.784 e. The van der Waals surface area contributed by atoms with E-state index in [1.54, 1.807) is 0 Å². The molecule has 0 amide bonds. The Balaban J connectivity index is -0.0000000300. The fourth-order valence-electron chi connectivity index (χ4n) is 0. The van der Waals surface area contributed by atoms with E-state index in [1.165, 1.54) is 0 Å². The fraction of sp³-hybridized carbons (Fsp3) is 0. The molecule has 0 spiro atoms. The molecule has 4 N–H and O–H groups in total. The Morgan fingerprint density at radius 3 is 1.10 bits per heavy atom. The molecule has 10 heteroatoms. The van der Waals surface area contributed by atoms with Crippen LogP contribution in [0.5, 0.6) is 0 Å². The van der Waals surface area contributed by atoms with Crippen molar-refractivity contribution < 1.29 is 26.6 Å². The van der Waals surface area contributed by atoms with Gasteiger partial charge in [-0.1, -0.05) is 0 Å². The van der Waals surface area contributed by atoms with E-state index in [-0.39, 0.29) is 23.5 Å². The Kier molecular flexibility index (Phi) is 36.6. The molecule has 0 radical (unpaired) electrons. The first-order valence-corrected chi connectivity index (χ1v) is 3.05. The predicted octanol–water partition coefficient (Wildman–Crippen LogP) is -1.88. The van der Waals surface area contributed by atoms with Crippen molar-refractivity contribution in [3.05, 3.63) is 0 Å². The SMILES string of the molecule is N.O=S([O-])O.O=S([O-])[O-].[Al+3]. The summed E-state index contributed by atoms with van der Waals surface area (Å²) in [5.74, 6) is 0. The second kappa shape index (κ2) is 16.3. The van der Waals surface area contributed by atoms with E-state index in [1.807, 2.05) is 0 Å². The van der Waals surface area contributed by atoms with Crippen LogP contribution in [0.4, 0.5) is 0 Å². The van der Waals surface area contributed by atoms with Gasteiger partial charge in [-0.3, -0.25) is 4.21 Å². The maximum Gasteiger partial charge on any atom is 3.00 e. The zero-order valence-corrected chi connectivity index (χ0v) is 7.38. The minimum absolute atomic E-state index is 0. The molecule has 0 aliphatic rings. The summed E-state index contributed by atoms with van der Waals surface area (Å²) < 4.78 is 49.4. The molecule has 0 aliphatic heterocycles. The van der Waals surface area contributed by atoms with Crippen molar-refractivity contribution in [1.82, 2.24) is 6.15 Å². The maximum absolute atomic E-state index is 8.56. The van der Waals surface area contributed by atoms with E-state index in [0.29, 0.717) is 0 Å². The van der Waals surface area contributed by atoms with Gasteiger partial charge in [0.2, 0.25) is 0 Å². The summed E-state index contributed by atoms with van der Waals surface area (Å²) in [5.41, 5.74) is 0. The van der Waals surface area contributed by atoms with Crippen LogP contribution in [0.25, 0.3) is 0 Å². The van der Waals surface area contributed by atoms with Crippen LogP contribution in [-0.4, -0.2) is 44.0 Å². The quantitative estimate of drug-likeness (QED) is 0.345. The maximum atomic E-state index is 8.56. The van der Waals surface area contributed by atoms with E-state index >= 15 is 0 Å². The van der Waals surface area contributed by atoms with Crippen LogP contribution in [0.15, 0.2) is 0 Å². The Morgan fingerprint density at radius 1 is 1.10 bits per heavy atom. The topological polar surface area (TPSA) is 159 Å². The van der Waals surface area contributed by atoms with Crippen molar-refractivity contribution in [2.75, 3.05) is 0 Å².